The normalized spacial score (nSPS) is 10.8. The molecule has 0 atom stereocenters. The average molecular weight is 260 g/mol. The van der Waals surface area contributed by atoms with Gasteiger partial charge in [0.25, 0.3) is 0 Å². The molecule has 0 radical (unpaired) electrons. The molecular weight excluding hydrogens is 236 g/mol. The number of carbonyl (C=O) groups is 1. The maximum Gasteiger partial charge on any atom is 0.120 e. The monoisotopic (exact) mass is 260 g/mol. The summed E-state index contributed by atoms with van der Waals surface area (Å²) in [6.07, 6.45) is 11.3. The molecule has 0 heterocycles. The third-order valence-electron chi connectivity index (χ3n) is 2.91. The van der Waals surface area contributed by atoms with Crippen molar-refractivity contribution >= 4 is 12.4 Å². The summed E-state index contributed by atoms with van der Waals surface area (Å²) in [7, 11) is 0. The highest BCUT2D eigenvalue weighted by Gasteiger charge is 1.94. The predicted molar refractivity (Wildman–Crippen MR) is 80.4 cm³/mol. The van der Waals surface area contributed by atoms with Gasteiger partial charge in [-0.3, -0.25) is 0 Å². The van der Waals surface area contributed by atoms with Crippen LogP contribution in [-0.2, 0) is 4.79 Å². The molecule has 1 aromatic carbocycles. The zero-order valence-electron chi connectivity index (χ0n) is 11.8. The van der Waals surface area contributed by atoms with Crippen LogP contribution in [0.25, 0.3) is 6.08 Å². The quantitative estimate of drug-likeness (QED) is 0.452. The number of unbranched alkanes of at least 4 members (excludes halogenated alkanes) is 4. The maximum absolute atomic E-state index is 10.2. The van der Waals surface area contributed by atoms with Crippen molar-refractivity contribution in [3.8, 4) is 5.75 Å². The Morgan fingerprint density at radius 3 is 2.53 bits per heavy atom. The molecule has 0 bridgehead atoms. The second-order valence-electron chi connectivity index (χ2n) is 4.62. The van der Waals surface area contributed by atoms with Crippen LogP contribution in [0.2, 0.25) is 0 Å². The Hall–Kier alpha value is -1.57. The first-order valence-electron chi connectivity index (χ1n) is 7.20. The zero-order valence-corrected chi connectivity index (χ0v) is 11.8. The Morgan fingerprint density at radius 1 is 1.05 bits per heavy atom. The Morgan fingerprint density at radius 2 is 1.84 bits per heavy atom. The van der Waals surface area contributed by atoms with E-state index in [9.17, 15) is 4.79 Å². The van der Waals surface area contributed by atoms with Gasteiger partial charge in [0.2, 0.25) is 0 Å². The van der Waals surface area contributed by atoms with E-state index in [4.69, 9.17) is 4.74 Å². The smallest absolute Gasteiger partial charge is 0.120 e. The van der Waals surface area contributed by atoms with Gasteiger partial charge < -0.3 is 9.53 Å². The Labute approximate surface area is 116 Å². The summed E-state index contributed by atoms with van der Waals surface area (Å²) in [5, 5.41) is 0. The van der Waals surface area contributed by atoms with Crippen LogP contribution in [0.3, 0.4) is 0 Å². The minimum atomic E-state index is 0.593. The molecule has 0 aromatic heterocycles. The van der Waals surface area contributed by atoms with Gasteiger partial charge in [0.05, 0.1) is 6.61 Å². The van der Waals surface area contributed by atoms with Crippen molar-refractivity contribution in [2.24, 2.45) is 0 Å². The van der Waals surface area contributed by atoms with Gasteiger partial charge >= 0.3 is 0 Å². The van der Waals surface area contributed by atoms with Crippen LogP contribution in [0.1, 0.15) is 51.0 Å². The summed E-state index contributed by atoms with van der Waals surface area (Å²) >= 11 is 0. The van der Waals surface area contributed by atoms with Crippen molar-refractivity contribution in [3.63, 3.8) is 0 Å². The molecule has 1 aromatic rings. The van der Waals surface area contributed by atoms with Gasteiger partial charge in [-0.2, -0.15) is 0 Å². The SMILES string of the molecule is CCCCCCOc1ccc(C=CCCC=O)cc1. The molecule has 0 N–H and O–H groups in total. The summed E-state index contributed by atoms with van der Waals surface area (Å²) in [6.45, 7) is 3.01. The Kier molecular flexibility index (Phi) is 8.45. The molecule has 2 nitrogen and oxygen atoms in total. The first-order chi connectivity index (χ1) is 9.36. The van der Waals surface area contributed by atoms with Crippen molar-refractivity contribution in [2.45, 2.75) is 45.4 Å². The molecule has 0 saturated heterocycles. The van der Waals surface area contributed by atoms with E-state index in [1.165, 1.54) is 19.3 Å². The van der Waals surface area contributed by atoms with Gasteiger partial charge in [-0.15, -0.1) is 0 Å². The lowest BCUT2D eigenvalue weighted by atomic mass is 10.2. The number of benzene rings is 1. The van der Waals surface area contributed by atoms with Crippen molar-refractivity contribution in [3.05, 3.63) is 35.9 Å². The number of ether oxygens (including phenoxy) is 1. The number of rotatable bonds is 10. The fourth-order valence-electron chi connectivity index (χ4n) is 1.78. The fourth-order valence-corrected chi connectivity index (χ4v) is 1.78. The largest absolute Gasteiger partial charge is 0.494 e. The van der Waals surface area contributed by atoms with Crippen LogP contribution in [-0.4, -0.2) is 12.9 Å². The van der Waals surface area contributed by atoms with Crippen LogP contribution < -0.4 is 4.74 Å². The fraction of sp³-hybridized carbons (Fsp3) is 0.471. The highest BCUT2D eigenvalue weighted by Crippen LogP contribution is 2.14. The number of allylic oxidation sites excluding steroid dienone is 1. The third kappa shape index (κ3) is 7.45. The van der Waals surface area contributed by atoms with Crippen LogP contribution >= 0.6 is 0 Å². The van der Waals surface area contributed by atoms with E-state index in [1.54, 1.807) is 0 Å². The van der Waals surface area contributed by atoms with Crippen molar-refractivity contribution < 1.29 is 9.53 Å². The lowest BCUT2D eigenvalue weighted by molar-refractivity contribution is -0.107. The first kappa shape index (κ1) is 15.5. The van der Waals surface area contributed by atoms with Gasteiger partial charge in [-0.1, -0.05) is 50.5 Å². The minimum absolute atomic E-state index is 0.593. The van der Waals surface area contributed by atoms with Crippen molar-refractivity contribution in [1.29, 1.82) is 0 Å². The molecule has 0 fully saturated rings. The average Bonchev–Trinajstić information content (AvgIpc) is 2.45. The van der Waals surface area contributed by atoms with E-state index in [0.29, 0.717) is 6.42 Å². The summed E-state index contributed by atoms with van der Waals surface area (Å²) < 4.78 is 5.68. The Bertz CT molecular complexity index is 365. The van der Waals surface area contributed by atoms with Gasteiger partial charge in [0.1, 0.15) is 12.0 Å². The molecule has 2 heteroatoms. The molecule has 0 saturated carbocycles. The summed E-state index contributed by atoms with van der Waals surface area (Å²) in [6, 6.07) is 8.08. The lowest BCUT2D eigenvalue weighted by Crippen LogP contribution is -1.96. The highest BCUT2D eigenvalue weighted by atomic mass is 16.5. The van der Waals surface area contributed by atoms with Crippen molar-refractivity contribution in [2.75, 3.05) is 6.61 Å². The molecule has 0 aliphatic rings. The summed E-state index contributed by atoms with van der Waals surface area (Å²) in [4.78, 5) is 10.2. The van der Waals surface area contributed by atoms with Crippen LogP contribution in [0.15, 0.2) is 30.3 Å². The number of aldehydes is 1. The summed E-state index contributed by atoms with van der Waals surface area (Å²) in [5.41, 5.74) is 1.14. The van der Waals surface area contributed by atoms with E-state index in [2.05, 4.69) is 6.92 Å². The van der Waals surface area contributed by atoms with Gasteiger partial charge in [0, 0.05) is 6.42 Å². The number of hydrogen-bond acceptors (Lipinski definition) is 2. The molecule has 0 aliphatic heterocycles. The second kappa shape index (κ2) is 10.4. The lowest BCUT2D eigenvalue weighted by Gasteiger charge is -2.06. The first-order valence-corrected chi connectivity index (χ1v) is 7.20. The third-order valence-corrected chi connectivity index (χ3v) is 2.91. The molecular formula is C17H24O2. The van der Waals surface area contributed by atoms with Crippen LogP contribution in [0, 0.1) is 0 Å². The van der Waals surface area contributed by atoms with Gasteiger partial charge in [-0.05, 0) is 30.5 Å². The van der Waals surface area contributed by atoms with E-state index in [1.807, 2.05) is 36.4 Å². The number of carbonyl (C=O) groups excluding carboxylic acids is 1. The van der Waals surface area contributed by atoms with Gasteiger partial charge in [0.15, 0.2) is 0 Å². The highest BCUT2D eigenvalue weighted by molar-refractivity contribution is 5.53. The maximum atomic E-state index is 10.2. The van der Waals surface area contributed by atoms with Crippen molar-refractivity contribution in [1.82, 2.24) is 0 Å². The molecule has 0 aliphatic carbocycles. The minimum Gasteiger partial charge on any atom is -0.494 e. The molecule has 0 unspecified atom stereocenters. The van der Waals surface area contributed by atoms with Crippen LogP contribution in [0.4, 0.5) is 0 Å². The van der Waals surface area contributed by atoms with Crippen LogP contribution in [0.5, 0.6) is 5.75 Å². The molecule has 19 heavy (non-hydrogen) atoms. The van der Waals surface area contributed by atoms with E-state index in [-0.39, 0.29) is 0 Å². The number of hydrogen-bond donors (Lipinski definition) is 0. The van der Waals surface area contributed by atoms with E-state index in [0.717, 1.165) is 37.0 Å². The molecule has 1 rings (SSSR count). The molecule has 0 amide bonds. The van der Waals surface area contributed by atoms with E-state index >= 15 is 0 Å². The predicted octanol–water partition coefficient (Wildman–Crippen LogP) is 4.64. The standard InChI is InChI=1S/C17H24O2/c1-2-3-4-8-15-19-17-12-10-16(11-13-17)9-6-5-7-14-18/h6,9-14H,2-5,7-8,15H2,1H3. The van der Waals surface area contributed by atoms with Gasteiger partial charge in [-0.25, -0.2) is 0 Å². The molecule has 0 spiro atoms. The zero-order chi connectivity index (χ0) is 13.8. The Balaban J connectivity index is 2.27. The van der Waals surface area contributed by atoms with E-state index < -0.39 is 0 Å². The summed E-state index contributed by atoms with van der Waals surface area (Å²) in [5.74, 6) is 0.932. The second-order valence-corrected chi connectivity index (χ2v) is 4.62. The molecule has 104 valence electrons. The topological polar surface area (TPSA) is 26.3 Å².